The van der Waals surface area contributed by atoms with Gasteiger partial charge in [-0.15, -0.1) is 0 Å². The number of pyridine rings is 4. The number of nitrogens with one attached hydrogen (secondary N) is 4. The molecule has 0 spiro atoms. The van der Waals surface area contributed by atoms with Gasteiger partial charge in [0.15, 0.2) is 0 Å². The molecule has 4 amide bonds. The number of aliphatic hydroxyl groups is 2. The summed E-state index contributed by atoms with van der Waals surface area (Å²) in [5, 5.41) is 41.8. The number of rotatable bonds is 20. The summed E-state index contributed by atoms with van der Waals surface area (Å²) < 4.78 is 9.76. The molecule has 16 aromatic rings. The van der Waals surface area contributed by atoms with Gasteiger partial charge in [-0.2, -0.15) is 19.9 Å². The van der Waals surface area contributed by atoms with E-state index in [-0.39, 0.29) is 31.1 Å². The SMILES string of the molecule is C.CC1CCC(n2c3ccccc3c3cnc(Nc4ccc5c(n4)CCN(C(=O)CN(C)C)C5)nc32)CC1.CC1CCC(n2c3ccccc3c3cnc(Nc4ccc5c(n4)CCN(C(=O)[C@@H](C)O)C5)nc32)CC1.CC1CCC(n2c3ccccc3c3cnc(Nc4ccc5c(n4)CCN(C(=O)[C@H](C)O)C5)nc32)CC1.CCN(CC)CC(=O)N1CCc2nc(Nc3ncc4c5ccccc5n(C5CCC(C)CC5)c4n3)ccc2C1. The van der Waals surface area contributed by atoms with Crippen molar-refractivity contribution in [1.82, 2.24) is 107 Å². The fraction of sp³-hybridized carbons (Fsp3) is 0.453. The summed E-state index contributed by atoms with van der Waals surface area (Å²) in [4.78, 5) is 119. The van der Waals surface area contributed by atoms with Crippen LogP contribution < -0.4 is 21.3 Å². The first-order chi connectivity index (χ1) is 71.9. The third-order valence-electron chi connectivity index (χ3n) is 32.1. The second kappa shape index (κ2) is 44.8. The van der Waals surface area contributed by atoms with Crippen molar-refractivity contribution in [2.75, 3.05) is 87.7 Å². The first-order valence-corrected chi connectivity index (χ1v) is 53.9. The van der Waals surface area contributed by atoms with Gasteiger partial charge in [0.2, 0.25) is 35.6 Å². The van der Waals surface area contributed by atoms with Gasteiger partial charge in [-0.05, 0) is 238 Å². The van der Waals surface area contributed by atoms with Gasteiger partial charge in [0.1, 0.15) is 58.1 Å². The van der Waals surface area contributed by atoms with Gasteiger partial charge in [0.25, 0.3) is 11.8 Å². The van der Waals surface area contributed by atoms with Crippen LogP contribution in [0.1, 0.15) is 235 Å². The second-order valence-electron chi connectivity index (χ2n) is 42.8. The maximum Gasteiger partial charge on any atom is 0.251 e. The number of hydrogen-bond donors (Lipinski definition) is 6. The molecule has 8 aliphatic rings. The monoisotopic (exact) mass is 2010 g/mol. The van der Waals surface area contributed by atoms with E-state index in [4.69, 9.17) is 39.9 Å². The summed E-state index contributed by atoms with van der Waals surface area (Å²) >= 11 is 0. The molecule has 32 heteroatoms. The molecule has 4 aromatic carbocycles. The molecule has 0 saturated heterocycles. The van der Waals surface area contributed by atoms with Crippen LogP contribution in [0.3, 0.4) is 0 Å². The lowest BCUT2D eigenvalue weighted by atomic mass is 9.87. The van der Waals surface area contributed by atoms with Crippen LogP contribution >= 0.6 is 0 Å². The van der Waals surface area contributed by atoms with Crippen molar-refractivity contribution in [2.24, 2.45) is 23.7 Å². The van der Waals surface area contributed by atoms with Crippen molar-refractivity contribution < 1.29 is 29.4 Å². The predicted octanol–water partition coefficient (Wildman–Crippen LogP) is 20.7. The number of hydrogen-bond acceptors (Lipinski definition) is 24. The van der Waals surface area contributed by atoms with E-state index in [0.29, 0.717) is 138 Å². The number of carbonyl (C=O) groups is 4. The lowest BCUT2D eigenvalue weighted by Crippen LogP contribution is -2.42. The third-order valence-corrected chi connectivity index (χ3v) is 32.1. The number of amides is 4. The normalized spacial score (nSPS) is 20.2. The van der Waals surface area contributed by atoms with Crippen molar-refractivity contribution in [3.63, 3.8) is 0 Å². The Morgan fingerprint density at radius 3 is 0.819 bits per heavy atom. The van der Waals surface area contributed by atoms with Crippen molar-refractivity contribution in [2.45, 2.75) is 254 Å². The largest absolute Gasteiger partial charge is 0.384 e. The lowest BCUT2D eigenvalue weighted by Gasteiger charge is -2.30. The van der Waals surface area contributed by atoms with Gasteiger partial charge >= 0.3 is 0 Å². The number of benzene rings is 4. The van der Waals surface area contributed by atoms with Crippen LogP contribution in [0.15, 0.2) is 170 Å². The maximum absolute atomic E-state index is 12.8. The molecule has 2 atom stereocenters. The fourth-order valence-electron chi connectivity index (χ4n) is 23.7. The molecule has 776 valence electrons. The summed E-state index contributed by atoms with van der Waals surface area (Å²) in [5.41, 5.74) is 17.1. The molecule has 0 bridgehead atoms. The topological polar surface area (TPSA) is 351 Å². The number of anilines is 8. The number of aromatic nitrogens is 16. The molecule has 4 fully saturated rings. The zero-order valence-electron chi connectivity index (χ0n) is 86.9. The zero-order valence-corrected chi connectivity index (χ0v) is 86.9. The Bertz CT molecular complexity index is 7360. The average Bonchev–Trinajstić information content (AvgIpc) is 1.60. The van der Waals surface area contributed by atoms with Gasteiger partial charge in [0.05, 0.1) is 35.2 Å². The Hall–Kier alpha value is -14.1. The fourth-order valence-corrected chi connectivity index (χ4v) is 23.7. The van der Waals surface area contributed by atoms with Crippen LogP contribution in [-0.2, 0) is 71.0 Å². The van der Waals surface area contributed by atoms with Crippen LogP contribution in [0.5, 0.6) is 0 Å². The van der Waals surface area contributed by atoms with E-state index < -0.39 is 12.2 Å². The highest BCUT2D eigenvalue weighted by Gasteiger charge is 2.35. The van der Waals surface area contributed by atoms with Crippen LogP contribution in [0.2, 0.25) is 0 Å². The van der Waals surface area contributed by atoms with E-state index >= 15 is 0 Å². The standard InChI is InChI=1S/C31H39N7O.C29H35N7O.2C28H32N6O2.CH4/c1-4-36(5-2)20-29(39)37-17-16-26-22(19-37)12-15-28(33-26)34-31-32-18-25-24-8-6-7-9-27(24)38(30(25)35-31)23-13-10-21(3)11-14-23;1-19-8-11-21(12-9-19)36-25-7-5-4-6-22(25)23-16-30-29(33-28(23)36)32-26-13-10-20-17-35(15-14-24(20)31-26)27(37)18-34(2)3;2*1-17-7-10-20(11-8-17)34-24-6-4-3-5-21(24)22-15-29-28(32-26(22)34)31-25-12-9-19-16-33(27(36)18(2)35)14-13-23(19)30-25;/h6-9,12,15,18,21,23H,4-5,10-11,13-14,16-17,19-20H2,1-3H3,(H,32,33,34,35);4-7,10,13,16,19,21H,8-9,11-12,14-15,17-18H2,1-3H3,(H,30,31,32,33);2*3-6,9,12,15,17-18,20,35H,7-8,10-11,13-14,16H2,1-2H3,(H,29,30,31,32);1H4/t;;2*17?,18-,20?;/m..10./s1. The molecule has 0 unspecified atom stereocenters. The molecule has 12 aromatic heterocycles. The number of nitrogens with zero attached hydrogens (tertiary/aromatic N) is 22. The van der Waals surface area contributed by atoms with Crippen molar-refractivity contribution >= 4 is 158 Å². The molecule has 6 N–H and O–H groups in total. The molecular formula is C117H142N26O6. The van der Waals surface area contributed by atoms with Gasteiger partial charge in [0, 0.05) is 193 Å². The molecule has 4 saturated carbocycles. The van der Waals surface area contributed by atoms with E-state index in [2.05, 4.69) is 215 Å². The number of aliphatic hydroxyl groups excluding tert-OH is 2. The Labute approximate surface area is 870 Å². The van der Waals surface area contributed by atoms with Crippen LogP contribution in [-0.4, -0.2) is 220 Å². The molecule has 149 heavy (non-hydrogen) atoms. The highest BCUT2D eigenvalue weighted by atomic mass is 16.3. The Morgan fingerprint density at radius 1 is 0.329 bits per heavy atom. The Balaban J connectivity index is 0.000000120. The van der Waals surface area contributed by atoms with E-state index in [0.717, 1.165) is 150 Å². The molecule has 24 rings (SSSR count). The summed E-state index contributed by atoms with van der Waals surface area (Å²) in [5.74, 6) is 8.07. The second-order valence-corrected chi connectivity index (χ2v) is 42.8. The Kier molecular flexibility index (Phi) is 30.7. The first-order valence-electron chi connectivity index (χ1n) is 53.9. The molecule has 32 nitrogen and oxygen atoms in total. The minimum atomic E-state index is -0.986. The van der Waals surface area contributed by atoms with Crippen LogP contribution in [0, 0.1) is 23.7 Å². The highest BCUT2D eigenvalue weighted by molar-refractivity contribution is 6.10. The van der Waals surface area contributed by atoms with Crippen molar-refractivity contribution in [1.29, 1.82) is 0 Å². The lowest BCUT2D eigenvalue weighted by molar-refractivity contribution is -0.140. The third kappa shape index (κ3) is 21.9. The number of para-hydroxylation sites is 4. The van der Waals surface area contributed by atoms with Gasteiger partial charge < -0.3 is 74.2 Å². The van der Waals surface area contributed by atoms with Gasteiger partial charge in [-0.25, -0.2) is 39.9 Å². The van der Waals surface area contributed by atoms with Crippen LogP contribution in [0.25, 0.3) is 87.7 Å². The summed E-state index contributed by atoms with van der Waals surface area (Å²) in [6.07, 6.45) is 28.0. The number of likely N-dealkylation sites (N-methyl/N-ethyl adjacent to an activating group) is 2. The minimum absolute atomic E-state index is 0. The molecule has 16 heterocycles. The zero-order chi connectivity index (χ0) is 102. The van der Waals surface area contributed by atoms with Crippen molar-refractivity contribution in [3.05, 3.63) is 215 Å². The van der Waals surface area contributed by atoms with Crippen LogP contribution in [0.4, 0.5) is 47.1 Å². The first kappa shape index (κ1) is 102. The van der Waals surface area contributed by atoms with E-state index in [1.54, 1.807) is 9.80 Å². The smallest absolute Gasteiger partial charge is 0.251 e. The average molecular weight is 2010 g/mol. The summed E-state index contributed by atoms with van der Waals surface area (Å²) in [6.45, 7) is 24.0. The van der Waals surface area contributed by atoms with Gasteiger partial charge in [-0.1, -0.05) is 146 Å². The summed E-state index contributed by atoms with van der Waals surface area (Å²) in [6, 6.07) is 51.9. The maximum atomic E-state index is 12.8. The quantitative estimate of drug-likeness (QED) is 0.0413. The Morgan fingerprint density at radius 2 is 0.570 bits per heavy atom. The molecule has 0 radical (unpaired) electrons. The highest BCUT2D eigenvalue weighted by Crippen LogP contribution is 2.45. The minimum Gasteiger partial charge on any atom is -0.384 e. The molecule has 4 aliphatic heterocycles. The van der Waals surface area contributed by atoms with Crippen molar-refractivity contribution in [3.8, 4) is 0 Å². The van der Waals surface area contributed by atoms with E-state index in [1.165, 1.54) is 160 Å². The number of fused-ring (bicyclic) bond motifs is 16. The van der Waals surface area contributed by atoms with E-state index in [9.17, 15) is 29.4 Å². The predicted molar refractivity (Wildman–Crippen MR) is 590 cm³/mol. The number of carbonyl (C=O) groups excluding carboxylic acids is 4. The molecule has 4 aliphatic carbocycles. The summed E-state index contributed by atoms with van der Waals surface area (Å²) in [7, 11) is 3.84. The molecular weight excluding hydrogens is 1870 g/mol. The van der Waals surface area contributed by atoms with Gasteiger partial charge in [-0.3, -0.25) is 24.1 Å². The van der Waals surface area contributed by atoms with E-state index in [1.807, 2.05) is 90.0 Å².